The van der Waals surface area contributed by atoms with Crippen LogP contribution in [0.3, 0.4) is 0 Å². The van der Waals surface area contributed by atoms with E-state index < -0.39 is 30.4 Å². The summed E-state index contributed by atoms with van der Waals surface area (Å²) in [6.45, 7) is 0. The van der Waals surface area contributed by atoms with Crippen molar-refractivity contribution in [2.45, 2.75) is 12.5 Å². The second-order valence-electron chi connectivity index (χ2n) is 3.97. The van der Waals surface area contributed by atoms with Crippen molar-refractivity contribution in [3.8, 4) is 5.75 Å². The molecule has 1 aromatic carbocycles. The summed E-state index contributed by atoms with van der Waals surface area (Å²) >= 11 is 0. The standard InChI is InChI=1S/C14H14O7/c1-20-14(19)11(8-12(16)17)21-13(18)7-4-9-2-5-10(15)6-3-9/h2-7,11,15H,8H2,1H3,(H,16,17)/b7-4-/t11-/m1/s1. The van der Waals surface area contributed by atoms with Crippen molar-refractivity contribution in [1.29, 1.82) is 0 Å². The minimum atomic E-state index is -1.50. The Morgan fingerprint density at radius 1 is 1.24 bits per heavy atom. The molecule has 1 aromatic rings. The molecule has 1 rings (SSSR count). The number of phenols is 1. The van der Waals surface area contributed by atoms with E-state index in [0.717, 1.165) is 13.2 Å². The minimum absolute atomic E-state index is 0.0851. The molecule has 7 heteroatoms. The van der Waals surface area contributed by atoms with Gasteiger partial charge in [-0.1, -0.05) is 12.1 Å². The van der Waals surface area contributed by atoms with E-state index in [1.807, 2.05) is 0 Å². The third kappa shape index (κ3) is 5.77. The van der Waals surface area contributed by atoms with Gasteiger partial charge < -0.3 is 19.7 Å². The Morgan fingerprint density at radius 2 is 1.86 bits per heavy atom. The van der Waals surface area contributed by atoms with Crippen LogP contribution in [0.2, 0.25) is 0 Å². The van der Waals surface area contributed by atoms with E-state index in [0.29, 0.717) is 5.56 Å². The Bertz CT molecular complexity index is 545. The van der Waals surface area contributed by atoms with Crippen molar-refractivity contribution in [2.24, 2.45) is 0 Å². The first-order valence-electron chi connectivity index (χ1n) is 5.89. The number of carbonyl (C=O) groups excluding carboxylic acids is 2. The average molecular weight is 294 g/mol. The number of rotatable bonds is 6. The fourth-order valence-corrected chi connectivity index (χ4v) is 1.39. The molecule has 1 atom stereocenters. The van der Waals surface area contributed by atoms with Gasteiger partial charge in [0.25, 0.3) is 0 Å². The molecule has 7 nitrogen and oxygen atoms in total. The van der Waals surface area contributed by atoms with Crippen LogP contribution in [0.1, 0.15) is 12.0 Å². The molecule has 0 heterocycles. The lowest BCUT2D eigenvalue weighted by Gasteiger charge is -2.12. The fourth-order valence-electron chi connectivity index (χ4n) is 1.39. The molecular formula is C14H14O7. The van der Waals surface area contributed by atoms with Crippen molar-refractivity contribution < 1.29 is 34.1 Å². The van der Waals surface area contributed by atoms with E-state index in [9.17, 15) is 14.4 Å². The number of carboxylic acids is 1. The number of esters is 2. The van der Waals surface area contributed by atoms with Crippen LogP contribution < -0.4 is 0 Å². The summed E-state index contributed by atoms with van der Waals surface area (Å²) in [5.74, 6) is -3.02. The van der Waals surface area contributed by atoms with Crippen LogP contribution in [0.4, 0.5) is 0 Å². The van der Waals surface area contributed by atoms with Crippen LogP contribution in [0.15, 0.2) is 30.3 Å². The van der Waals surface area contributed by atoms with Crippen molar-refractivity contribution >= 4 is 24.0 Å². The second kappa shape index (κ2) is 7.68. The number of aromatic hydroxyl groups is 1. The number of ether oxygens (including phenoxy) is 2. The van der Waals surface area contributed by atoms with Gasteiger partial charge in [0.2, 0.25) is 6.10 Å². The Morgan fingerprint density at radius 3 is 2.38 bits per heavy atom. The summed E-state index contributed by atoms with van der Waals surface area (Å²) in [5.41, 5.74) is 0.623. The number of benzene rings is 1. The lowest BCUT2D eigenvalue weighted by molar-refractivity contribution is -0.166. The quantitative estimate of drug-likeness (QED) is 0.594. The normalized spacial score (nSPS) is 11.9. The summed E-state index contributed by atoms with van der Waals surface area (Å²) in [4.78, 5) is 33.4. The molecule has 0 saturated carbocycles. The Balaban J connectivity index is 2.66. The molecule has 0 fully saturated rings. The summed E-state index contributed by atoms with van der Waals surface area (Å²) in [7, 11) is 1.07. The molecule has 0 unspecified atom stereocenters. The predicted octanol–water partition coefficient (Wildman–Crippen LogP) is 0.965. The first kappa shape index (κ1) is 16.2. The average Bonchev–Trinajstić information content (AvgIpc) is 2.44. The maximum absolute atomic E-state index is 11.5. The lowest BCUT2D eigenvalue weighted by Crippen LogP contribution is -2.30. The summed E-state index contributed by atoms with van der Waals surface area (Å²) in [6.07, 6.45) is 0.274. The Hall–Kier alpha value is -2.83. The van der Waals surface area contributed by atoms with Gasteiger partial charge in [0.05, 0.1) is 13.5 Å². The molecule has 21 heavy (non-hydrogen) atoms. The van der Waals surface area contributed by atoms with Gasteiger partial charge in [-0.25, -0.2) is 9.59 Å². The van der Waals surface area contributed by atoms with Crippen LogP contribution in [0.5, 0.6) is 5.75 Å². The van der Waals surface area contributed by atoms with Crippen molar-refractivity contribution in [3.05, 3.63) is 35.9 Å². The van der Waals surface area contributed by atoms with Crippen LogP contribution in [-0.4, -0.2) is 41.3 Å². The molecular weight excluding hydrogens is 280 g/mol. The highest BCUT2D eigenvalue weighted by Crippen LogP contribution is 2.11. The number of carboxylic acid groups (broad SMARTS) is 1. The summed E-state index contributed by atoms with van der Waals surface area (Å²) < 4.78 is 9.09. The molecule has 0 amide bonds. The number of methoxy groups -OCH3 is 1. The van der Waals surface area contributed by atoms with Gasteiger partial charge in [-0.3, -0.25) is 4.79 Å². The van der Waals surface area contributed by atoms with Crippen LogP contribution >= 0.6 is 0 Å². The number of hydrogen-bond donors (Lipinski definition) is 2. The number of hydrogen-bond acceptors (Lipinski definition) is 6. The third-order valence-corrected chi connectivity index (χ3v) is 2.39. The van der Waals surface area contributed by atoms with Gasteiger partial charge in [-0.05, 0) is 23.8 Å². The van der Waals surface area contributed by atoms with Crippen molar-refractivity contribution in [3.63, 3.8) is 0 Å². The zero-order chi connectivity index (χ0) is 15.8. The van der Waals surface area contributed by atoms with E-state index in [2.05, 4.69) is 4.74 Å². The number of phenolic OH excluding ortho intramolecular Hbond substituents is 1. The fraction of sp³-hybridized carbons (Fsp3) is 0.214. The number of carbonyl (C=O) groups is 3. The lowest BCUT2D eigenvalue weighted by atomic mass is 10.2. The van der Waals surface area contributed by atoms with Gasteiger partial charge in [0.15, 0.2) is 0 Å². The van der Waals surface area contributed by atoms with Crippen LogP contribution in [-0.2, 0) is 23.9 Å². The van der Waals surface area contributed by atoms with Gasteiger partial charge in [0.1, 0.15) is 5.75 Å². The highest BCUT2D eigenvalue weighted by atomic mass is 16.6. The van der Waals surface area contributed by atoms with Crippen molar-refractivity contribution in [2.75, 3.05) is 7.11 Å². The highest BCUT2D eigenvalue weighted by Gasteiger charge is 2.25. The maximum atomic E-state index is 11.5. The van der Waals surface area contributed by atoms with E-state index in [-0.39, 0.29) is 5.75 Å². The summed E-state index contributed by atoms with van der Waals surface area (Å²) in [6, 6.07) is 6.00. The molecule has 0 saturated heterocycles. The SMILES string of the molecule is COC(=O)[C@@H](CC(=O)O)OC(=O)/C=C\c1ccc(O)cc1. The predicted molar refractivity (Wildman–Crippen MR) is 71.3 cm³/mol. The van der Waals surface area contributed by atoms with E-state index in [1.165, 1.54) is 18.2 Å². The number of aliphatic carboxylic acids is 1. The first-order valence-corrected chi connectivity index (χ1v) is 5.89. The van der Waals surface area contributed by atoms with E-state index in [1.54, 1.807) is 12.1 Å². The molecule has 0 radical (unpaired) electrons. The minimum Gasteiger partial charge on any atom is -0.508 e. The monoisotopic (exact) mass is 294 g/mol. The smallest absolute Gasteiger partial charge is 0.347 e. The molecule has 112 valence electrons. The summed E-state index contributed by atoms with van der Waals surface area (Å²) in [5, 5.41) is 17.7. The third-order valence-electron chi connectivity index (χ3n) is 2.39. The first-order chi connectivity index (χ1) is 9.92. The maximum Gasteiger partial charge on any atom is 0.347 e. The molecule has 0 spiro atoms. The van der Waals surface area contributed by atoms with Gasteiger partial charge in [0, 0.05) is 6.08 Å². The highest BCUT2D eigenvalue weighted by molar-refractivity contribution is 5.90. The molecule has 0 aliphatic heterocycles. The van der Waals surface area contributed by atoms with Crippen LogP contribution in [0.25, 0.3) is 6.08 Å². The largest absolute Gasteiger partial charge is 0.508 e. The topological polar surface area (TPSA) is 110 Å². The zero-order valence-corrected chi connectivity index (χ0v) is 11.2. The molecule has 2 N–H and O–H groups in total. The zero-order valence-electron chi connectivity index (χ0n) is 11.2. The molecule has 0 aliphatic carbocycles. The van der Waals surface area contributed by atoms with Gasteiger partial charge in [-0.15, -0.1) is 0 Å². The molecule has 0 aromatic heterocycles. The van der Waals surface area contributed by atoms with Crippen LogP contribution in [0, 0.1) is 0 Å². The van der Waals surface area contributed by atoms with Gasteiger partial charge >= 0.3 is 17.9 Å². The molecule has 0 aliphatic rings. The van der Waals surface area contributed by atoms with E-state index in [4.69, 9.17) is 14.9 Å². The second-order valence-corrected chi connectivity index (χ2v) is 3.97. The van der Waals surface area contributed by atoms with Gasteiger partial charge in [-0.2, -0.15) is 0 Å². The Labute approximate surface area is 120 Å². The molecule has 0 bridgehead atoms. The van der Waals surface area contributed by atoms with E-state index >= 15 is 0 Å². The Kier molecular flexibility index (Phi) is 5.94. The van der Waals surface area contributed by atoms with Crippen molar-refractivity contribution in [1.82, 2.24) is 0 Å².